The molecule has 0 spiro atoms. The quantitative estimate of drug-likeness (QED) is 0.373. The third kappa shape index (κ3) is 3.45. The molecule has 4 rings (SSSR count). The maximum Gasteiger partial charge on any atom is 0.323 e. The van der Waals surface area contributed by atoms with Crippen molar-refractivity contribution in [2.45, 2.75) is 21.5 Å². The van der Waals surface area contributed by atoms with Gasteiger partial charge in [-0.2, -0.15) is 0 Å². The molecular weight excluding hydrogens is 435 g/mol. The van der Waals surface area contributed by atoms with Crippen molar-refractivity contribution < 1.29 is 9.53 Å². The maximum absolute atomic E-state index is 13.2. The molecule has 2 atom stereocenters. The summed E-state index contributed by atoms with van der Waals surface area (Å²) in [5, 5.41) is 1.30. The van der Waals surface area contributed by atoms with Crippen LogP contribution in [-0.2, 0) is 14.9 Å². The van der Waals surface area contributed by atoms with Gasteiger partial charge in [0.1, 0.15) is 4.75 Å². The van der Waals surface area contributed by atoms with E-state index < -0.39 is 10.2 Å². The molecule has 3 aromatic rings. The zero-order chi connectivity index (χ0) is 21.4. The highest BCUT2D eigenvalue weighted by Crippen LogP contribution is 2.72. The number of hydrogen-bond donors (Lipinski definition) is 0. The molecule has 3 aromatic carbocycles. The summed E-state index contributed by atoms with van der Waals surface area (Å²) < 4.78 is 4.48. The fraction of sp³-hybridized carbons (Fsp3) is 0.160. The molecule has 0 bridgehead atoms. The van der Waals surface area contributed by atoms with Gasteiger partial charge in [0.2, 0.25) is 0 Å². The Balaban J connectivity index is 1.87. The van der Waals surface area contributed by atoms with Gasteiger partial charge in [0, 0.05) is 20.4 Å². The van der Waals surface area contributed by atoms with Gasteiger partial charge in [-0.3, -0.25) is 4.79 Å². The second kappa shape index (κ2) is 8.14. The first-order valence-electron chi connectivity index (χ1n) is 9.47. The van der Waals surface area contributed by atoms with Crippen molar-refractivity contribution >= 4 is 46.5 Å². The van der Waals surface area contributed by atoms with Crippen LogP contribution in [0, 0.1) is 0 Å². The second-order valence-electron chi connectivity index (χ2n) is 7.31. The molecule has 0 radical (unpaired) electrons. The lowest BCUT2D eigenvalue weighted by atomic mass is 9.82. The lowest BCUT2D eigenvalue weighted by Gasteiger charge is -2.27. The van der Waals surface area contributed by atoms with Crippen LogP contribution in [0.25, 0.3) is 5.57 Å². The Kier molecular flexibility index (Phi) is 5.71. The Bertz CT molecular complexity index is 1080. The zero-order valence-corrected chi connectivity index (χ0v) is 18.7. The van der Waals surface area contributed by atoms with Gasteiger partial charge in [0.05, 0.1) is 7.11 Å². The Hall–Kier alpha value is -2.20. The van der Waals surface area contributed by atoms with E-state index in [1.54, 1.807) is 0 Å². The van der Waals surface area contributed by atoms with Crippen molar-refractivity contribution in [2.24, 2.45) is 0 Å². The average molecular weight is 455 g/mol. The summed E-state index contributed by atoms with van der Waals surface area (Å²) in [6.45, 7) is 4.44. The molecule has 152 valence electrons. The highest BCUT2D eigenvalue weighted by molar-refractivity contribution is 8.01. The fourth-order valence-electron chi connectivity index (χ4n) is 4.09. The Morgan fingerprint density at radius 3 is 2.07 bits per heavy atom. The van der Waals surface area contributed by atoms with Gasteiger partial charge in [-0.25, -0.2) is 0 Å². The summed E-state index contributed by atoms with van der Waals surface area (Å²) in [6, 6.07) is 25.1. The summed E-state index contributed by atoms with van der Waals surface area (Å²) >= 11 is 13.8. The van der Waals surface area contributed by atoms with E-state index in [2.05, 4.69) is 6.58 Å². The number of carbonyl (C=O) groups is 1. The number of benzene rings is 3. The minimum absolute atomic E-state index is 0.263. The van der Waals surface area contributed by atoms with Crippen molar-refractivity contribution in [2.75, 3.05) is 7.11 Å². The van der Waals surface area contributed by atoms with Crippen LogP contribution < -0.4 is 0 Å². The summed E-state index contributed by atoms with van der Waals surface area (Å²) in [6.07, 6.45) is 0.579. The third-order valence-electron chi connectivity index (χ3n) is 5.67. The van der Waals surface area contributed by atoms with Gasteiger partial charge in [-0.05, 0) is 59.5 Å². The van der Waals surface area contributed by atoms with Crippen molar-refractivity contribution in [3.8, 4) is 0 Å². The molecule has 2 unspecified atom stereocenters. The van der Waals surface area contributed by atoms with Gasteiger partial charge >= 0.3 is 5.97 Å². The van der Waals surface area contributed by atoms with Crippen LogP contribution in [0.1, 0.15) is 17.5 Å². The van der Waals surface area contributed by atoms with E-state index in [1.165, 1.54) is 18.9 Å². The van der Waals surface area contributed by atoms with Gasteiger partial charge in [-0.15, -0.1) is 11.8 Å². The highest BCUT2D eigenvalue weighted by Gasteiger charge is 2.75. The Morgan fingerprint density at radius 2 is 1.50 bits per heavy atom. The van der Waals surface area contributed by atoms with Crippen LogP contribution >= 0.6 is 35.0 Å². The molecule has 0 heterocycles. The topological polar surface area (TPSA) is 26.3 Å². The first-order chi connectivity index (χ1) is 14.4. The van der Waals surface area contributed by atoms with Gasteiger partial charge in [0.25, 0.3) is 0 Å². The number of thioether (sulfide) groups is 1. The molecule has 5 heteroatoms. The normalized spacial score (nSPS) is 22.4. The van der Waals surface area contributed by atoms with Gasteiger partial charge in [0.15, 0.2) is 0 Å². The molecule has 0 aliphatic heterocycles. The fourth-order valence-corrected chi connectivity index (χ4v) is 5.91. The van der Waals surface area contributed by atoms with Crippen LogP contribution in [0.5, 0.6) is 0 Å². The van der Waals surface area contributed by atoms with E-state index in [0.717, 1.165) is 21.6 Å². The molecule has 0 amide bonds. The number of allylic oxidation sites excluding steroid dienone is 1. The van der Waals surface area contributed by atoms with Crippen LogP contribution in [0.2, 0.25) is 10.0 Å². The van der Waals surface area contributed by atoms with E-state index in [0.29, 0.717) is 16.5 Å². The van der Waals surface area contributed by atoms with E-state index in [-0.39, 0.29) is 5.97 Å². The standard InChI is InChI=1S/C25H20Cl2O2S/c1-17(18-8-12-20(26)13-9-18)24(19-10-14-21(27)15-11-19)16-25(24,23(28)29-2)30-22-6-4-3-5-7-22/h3-15H,1,16H2,2H3. The minimum Gasteiger partial charge on any atom is -0.468 e. The molecule has 1 fully saturated rings. The summed E-state index contributed by atoms with van der Waals surface area (Å²) in [5.74, 6) is -0.263. The molecule has 1 saturated carbocycles. The van der Waals surface area contributed by atoms with Crippen LogP contribution in [0.3, 0.4) is 0 Å². The van der Waals surface area contributed by atoms with Crippen LogP contribution in [0.15, 0.2) is 90.3 Å². The molecule has 2 nitrogen and oxygen atoms in total. The monoisotopic (exact) mass is 454 g/mol. The molecule has 1 aliphatic rings. The molecule has 30 heavy (non-hydrogen) atoms. The predicted molar refractivity (Wildman–Crippen MR) is 125 cm³/mol. The van der Waals surface area contributed by atoms with E-state index in [1.807, 2.05) is 78.9 Å². The Morgan fingerprint density at radius 1 is 0.933 bits per heavy atom. The average Bonchev–Trinajstić information content (AvgIpc) is 3.45. The minimum atomic E-state index is -0.826. The van der Waals surface area contributed by atoms with Crippen molar-refractivity contribution in [1.82, 2.24) is 0 Å². The number of methoxy groups -OCH3 is 1. The second-order valence-corrected chi connectivity index (χ2v) is 9.55. The molecule has 0 N–H and O–H groups in total. The number of carbonyl (C=O) groups excluding carboxylic acids is 1. The third-order valence-corrected chi connectivity index (χ3v) is 7.69. The summed E-state index contributed by atoms with van der Waals surface area (Å²) in [7, 11) is 1.44. The van der Waals surface area contributed by atoms with Gasteiger partial charge < -0.3 is 4.74 Å². The van der Waals surface area contributed by atoms with Crippen molar-refractivity contribution in [1.29, 1.82) is 0 Å². The summed E-state index contributed by atoms with van der Waals surface area (Å²) in [5.41, 5.74) is 2.16. The highest BCUT2D eigenvalue weighted by atomic mass is 35.5. The first kappa shape index (κ1) is 21.0. The Labute approximate surface area is 190 Å². The molecular formula is C25H20Cl2O2S. The molecule has 0 aromatic heterocycles. The largest absolute Gasteiger partial charge is 0.468 e. The van der Waals surface area contributed by atoms with Crippen molar-refractivity contribution in [3.63, 3.8) is 0 Å². The number of hydrogen-bond acceptors (Lipinski definition) is 3. The number of rotatable bonds is 6. The SMILES string of the molecule is C=C(c1ccc(Cl)cc1)C1(c2ccc(Cl)cc2)CC1(Sc1ccccc1)C(=O)OC. The lowest BCUT2D eigenvalue weighted by Crippen LogP contribution is -2.32. The van der Waals surface area contributed by atoms with E-state index in [9.17, 15) is 4.79 Å². The van der Waals surface area contributed by atoms with Crippen LogP contribution in [-0.4, -0.2) is 17.8 Å². The predicted octanol–water partition coefficient (Wildman–Crippen LogP) is 7.05. The number of ether oxygens (including phenoxy) is 1. The lowest BCUT2D eigenvalue weighted by molar-refractivity contribution is -0.141. The summed E-state index contributed by atoms with van der Waals surface area (Å²) in [4.78, 5) is 14.2. The first-order valence-corrected chi connectivity index (χ1v) is 11.0. The van der Waals surface area contributed by atoms with E-state index in [4.69, 9.17) is 27.9 Å². The molecule has 1 aliphatic carbocycles. The van der Waals surface area contributed by atoms with E-state index >= 15 is 0 Å². The number of esters is 1. The maximum atomic E-state index is 13.2. The molecule has 0 saturated heterocycles. The van der Waals surface area contributed by atoms with Crippen LogP contribution in [0.4, 0.5) is 0 Å². The zero-order valence-electron chi connectivity index (χ0n) is 16.4. The van der Waals surface area contributed by atoms with Crippen molar-refractivity contribution in [3.05, 3.63) is 107 Å². The smallest absolute Gasteiger partial charge is 0.323 e. The van der Waals surface area contributed by atoms with Gasteiger partial charge in [-0.1, -0.05) is 72.2 Å². The number of halogens is 2.